The molecule has 0 amide bonds. The molecular weight excluding hydrogens is 358 g/mol. The number of aromatic hydroxyl groups is 1. The van der Waals surface area contributed by atoms with E-state index in [4.69, 9.17) is 10.8 Å². The van der Waals surface area contributed by atoms with E-state index in [-0.39, 0.29) is 5.54 Å². The molecule has 1 unspecified atom stereocenters. The molecule has 2 aromatic rings. The number of aromatic amines is 1. The van der Waals surface area contributed by atoms with Crippen molar-refractivity contribution in [2.24, 2.45) is 11.7 Å². The molecule has 1 aliphatic heterocycles. The molecule has 7 nitrogen and oxygen atoms in total. The molecule has 0 bridgehead atoms. The Morgan fingerprint density at radius 2 is 1.96 bits per heavy atom. The van der Waals surface area contributed by atoms with Crippen molar-refractivity contribution >= 4 is 11.7 Å². The van der Waals surface area contributed by atoms with E-state index in [1.54, 1.807) is 6.92 Å². The van der Waals surface area contributed by atoms with E-state index in [2.05, 4.69) is 23.7 Å². The maximum Gasteiger partial charge on any atom is 0.345 e. The normalized spacial score (nSPS) is 17.1. The number of carboxylic acids is 1. The first-order valence-corrected chi connectivity index (χ1v) is 9.49. The molecule has 1 aromatic heterocycles. The predicted octanol–water partition coefficient (Wildman–Crippen LogP) is 2.57. The van der Waals surface area contributed by atoms with E-state index in [1.807, 2.05) is 24.3 Å². The molecule has 1 aliphatic rings. The van der Waals surface area contributed by atoms with Gasteiger partial charge in [0.05, 0.1) is 5.69 Å². The first kappa shape index (κ1) is 19.9. The number of aromatic nitrogens is 1. The van der Waals surface area contributed by atoms with E-state index in [0.29, 0.717) is 23.6 Å². The molecule has 0 saturated carbocycles. The van der Waals surface area contributed by atoms with Crippen LogP contribution in [0.15, 0.2) is 29.1 Å². The first-order valence-electron chi connectivity index (χ1n) is 9.49. The van der Waals surface area contributed by atoms with Crippen molar-refractivity contribution in [3.05, 3.63) is 45.7 Å². The van der Waals surface area contributed by atoms with Gasteiger partial charge in [0.1, 0.15) is 5.75 Å². The van der Waals surface area contributed by atoms with Gasteiger partial charge in [-0.3, -0.25) is 4.79 Å². The van der Waals surface area contributed by atoms with Gasteiger partial charge in [0.15, 0.2) is 5.56 Å². The summed E-state index contributed by atoms with van der Waals surface area (Å²) in [6, 6.07) is 7.70. The number of nitrogens with one attached hydrogen (secondary N) is 1. The van der Waals surface area contributed by atoms with Gasteiger partial charge in [-0.25, -0.2) is 4.79 Å². The minimum Gasteiger partial charge on any atom is -0.506 e. The van der Waals surface area contributed by atoms with Gasteiger partial charge in [0.2, 0.25) is 0 Å². The van der Waals surface area contributed by atoms with Crippen LogP contribution in [-0.4, -0.2) is 39.8 Å². The Bertz CT molecular complexity index is 942. The fourth-order valence-corrected chi connectivity index (χ4v) is 3.86. The minimum absolute atomic E-state index is 0.215. The van der Waals surface area contributed by atoms with Gasteiger partial charge >= 0.3 is 5.97 Å². The number of aromatic carboxylic acids is 1. The van der Waals surface area contributed by atoms with E-state index < -0.39 is 22.8 Å². The van der Waals surface area contributed by atoms with Crippen molar-refractivity contribution in [3.63, 3.8) is 0 Å². The highest BCUT2D eigenvalue weighted by Crippen LogP contribution is 2.33. The second-order valence-corrected chi connectivity index (χ2v) is 7.99. The molecule has 0 radical (unpaired) electrons. The quantitative estimate of drug-likeness (QED) is 0.628. The Hall–Kier alpha value is -2.80. The lowest BCUT2D eigenvalue weighted by Crippen LogP contribution is -2.42. The summed E-state index contributed by atoms with van der Waals surface area (Å²) in [7, 11) is 0. The smallest absolute Gasteiger partial charge is 0.345 e. The third-order valence-electron chi connectivity index (χ3n) is 5.62. The van der Waals surface area contributed by atoms with Gasteiger partial charge in [0, 0.05) is 29.9 Å². The number of anilines is 1. The predicted molar refractivity (Wildman–Crippen MR) is 109 cm³/mol. The molecule has 1 fully saturated rings. The van der Waals surface area contributed by atoms with Crippen molar-refractivity contribution < 1.29 is 15.0 Å². The van der Waals surface area contributed by atoms with Crippen LogP contribution in [0.4, 0.5) is 5.69 Å². The number of hydrogen-bond donors (Lipinski definition) is 4. The Balaban J connectivity index is 1.93. The Morgan fingerprint density at radius 3 is 2.46 bits per heavy atom. The zero-order valence-electron chi connectivity index (χ0n) is 16.5. The van der Waals surface area contributed by atoms with Crippen LogP contribution >= 0.6 is 0 Å². The Kier molecular flexibility index (Phi) is 5.21. The van der Waals surface area contributed by atoms with Crippen LogP contribution in [0, 0.1) is 5.92 Å². The van der Waals surface area contributed by atoms with E-state index in [1.165, 1.54) is 0 Å². The monoisotopic (exact) mass is 385 g/mol. The van der Waals surface area contributed by atoms with Crippen LogP contribution in [0.2, 0.25) is 0 Å². The molecule has 2 heterocycles. The summed E-state index contributed by atoms with van der Waals surface area (Å²) in [6.45, 7) is 7.75. The molecule has 0 aliphatic carbocycles. The minimum atomic E-state index is -1.44. The highest BCUT2D eigenvalue weighted by molar-refractivity contribution is 5.92. The molecule has 3 rings (SSSR count). The van der Waals surface area contributed by atoms with Crippen molar-refractivity contribution in [1.82, 2.24) is 4.98 Å². The lowest BCUT2D eigenvalue weighted by atomic mass is 9.88. The molecular formula is C21H27N3O4. The lowest BCUT2D eigenvalue weighted by Gasteiger charge is -2.27. The molecule has 7 heteroatoms. The summed E-state index contributed by atoms with van der Waals surface area (Å²) < 4.78 is 0. The third-order valence-corrected chi connectivity index (χ3v) is 5.62. The number of nitrogens with zero attached hydrogens (tertiary/aromatic N) is 1. The fourth-order valence-electron chi connectivity index (χ4n) is 3.86. The van der Waals surface area contributed by atoms with Crippen molar-refractivity contribution in [3.8, 4) is 17.0 Å². The number of pyridine rings is 1. The number of nitrogens with two attached hydrogens (primary N) is 1. The van der Waals surface area contributed by atoms with E-state index in [0.717, 1.165) is 30.8 Å². The number of rotatable bonds is 5. The molecule has 0 spiro atoms. The summed E-state index contributed by atoms with van der Waals surface area (Å²) in [4.78, 5) is 28.3. The molecule has 150 valence electrons. The number of benzene rings is 1. The van der Waals surface area contributed by atoms with E-state index >= 15 is 0 Å². The van der Waals surface area contributed by atoms with Crippen molar-refractivity contribution in [1.29, 1.82) is 0 Å². The summed E-state index contributed by atoms with van der Waals surface area (Å²) in [5.74, 6) is -1.48. The SMILES string of the molecule is CCc1c(-c2ccc(N3CCC(C(C)(C)N)C3)cc2)[nH]c(=O)c(C(=O)O)c1O. The van der Waals surface area contributed by atoms with Crippen LogP contribution in [0.1, 0.15) is 43.1 Å². The van der Waals surface area contributed by atoms with Crippen LogP contribution in [0.3, 0.4) is 0 Å². The van der Waals surface area contributed by atoms with Gasteiger partial charge in [0.25, 0.3) is 5.56 Å². The second kappa shape index (κ2) is 7.31. The van der Waals surface area contributed by atoms with Gasteiger partial charge < -0.3 is 25.8 Å². The highest BCUT2D eigenvalue weighted by atomic mass is 16.4. The van der Waals surface area contributed by atoms with Crippen LogP contribution in [0.5, 0.6) is 5.75 Å². The fraction of sp³-hybridized carbons (Fsp3) is 0.429. The Labute approximate surface area is 163 Å². The molecule has 1 atom stereocenters. The molecule has 1 saturated heterocycles. The van der Waals surface area contributed by atoms with Crippen LogP contribution in [-0.2, 0) is 6.42 Å². The van der Waals surface area contributed by atoms with Crippen molar-refractivity contribution in [2.45, 2.75) is 39.2 Å². The third kappa shape index (κ3) is 3.62. The number of carboxylic acid groups (broad SMARTS) is 1. The van der Waals surface area contributed by atoms with Crippen LogP contribution < -0.4 is 16.2 Å². The summed E-state index contributed by atoms with van der Waals surface area (Å²) >= 11 is 0. The number of hydrogen-bond acceptors (Lipinski definition) is 5. The molecule has 28 heavy (non-hydrogen) atoms. The maximum atomic E-state index is 12.1. The largest absolute Gasteiger partial charge is 0.506 e. The van der Waals surface area contributed by atoms with Gasteiger partial charge in [-0.1, -0.05) is 19.1 Å². The average molecular weight is 385 g/mol. The van der Waals surface area contributed by atoms with Gasteiger partial charge in [-0.15, -0.1) is 0 Å². The second-order valence-electron chi connectivity index (χ2n) is 7.99. The van der Waals surface area contributed by atoms with Gasteiger partial charge in [-0.05, 0) is 50.3 Å². The number of H-pyrrole nitrogens is 1. The standard InChI is InChI=1S/C21H27N3O4/c1-4-15-17(23-19(26)16(18(15)25)20(27)28)12-5-7-14(8-6-12)24-10-9-13(11-24)21(2,3)22/h5-8,13H,4,9-11,22H2,1-3H3,(H,27,28)(H2,23,25,26). The average Bonchev–Trinajstić information content (AvgIpc) is 3.11. The first-order chi connectivity index (χ1) is 13.1. The topological polar surface area (TPSA) is 120 Å². The van der Waals surface area contributed by atoms with E-state index in [9.17, 15) is 14.7 Å². The summed E-state index contributed by atoms with van der Waals surface area (Å²) in [6.07, 6.45) is 1.43. The summed E-state index contributed by atoms with van der Waals surface area (Å²) in [5.41, 5.74) is 7.26. The van der Waals surface area contributed by atoms with Gasteiger partial charge in [-0.2, -0.15) is 0 Å². The maximum absolute atomic E-state index is 12.1. The highest BCUT2D eigenvalue weighted by Gasteiger charge is 2.32. The summed E-state index contributed by atoms with van der Waals surface area (Å²) in [5, 5.41) is 19.5. The van der Waals surface area contributed by atoms with Crippen molar-refractivity contribution in [2.75, 3.05) is 18.0 Å². The Morgan fingerprint density at radius 1 is 1.32 bits per heavy atom. The number of carbonyl (C=O) groups is 1. The zero-order valence-corrected chi connectivity index (χ0v) is 16.5. The molecule has 5 N–H and O–H groups in total. The van der Waals surface area contributed by atoms with Crippen LogP contribution in [0.25, 0.3) is 11.3 Å². The molecule has 1 aromatic carbocycles. The zero-order chi connectivity index (χ0) is 20.6. The lowest BCUT2D eigenvalue weighted by molar-refractivity contribution is 0.0691.